The van der Waals surface area contributed by atoms with Gasteiger partial charge in [-0.15, -0.1) is 0 Å². The Balaban J connectivity index is 3.20. The fourth-order valence-corrected chi connectivity index (χ4v) is 1.22. The quantitative estimate of drug-likeness (QED) is 0.750. The van der Waals surface area contributed by atoms with Crippen molar-refractivity contribution >= 4 is 21.9 Å². The summed E-state index contributed by atoms with van der Waals surface area (Å²) < 4.78 is 27.6. The molecule has 0 saturated carbocycles. The monoisotopic (exact) mass is 249 g/mol. The predicted molar refractivity (Wildman–Crippen MR) is 51.6 cm³/mol. The van der Waals surface area contributed by atoms with Crippen LogP contribution in [0, 0.1) is 6.92 Å². The summed E-state index contributed by atoms with van der Waals surface area (Å²) >= 11 is 3.13. The van der Waals surface area contributed by atoms with E-state index >= 15 is 0 Å². The van der Waals surface area contributed by atoms with Gasteiger partial charge in [0.25, 0.3) is 0 Å². The van der Waals surface area contributed by atoms with Crippen LogP contribution in [0.5, 0.6) is 0 Å². The van der Waals surface area contributed by atoms with Gasteiger partial charge in [0.05, 0.1) is 16.8 Å². The van der Waals surface area contributed by atoms with Gasteiger partial charge in [0, 0.05) is 11.1 Å². The van der Waals surface area contributed by atoms with Crippen molar-refractivity contribution in [3.05, 3.63) is 15.9 Å². The first-order chi connectivity index (χ1) is 7.29. The Hall–Kier alpha value is -0.840. The number of esters is 1. The van der Waals surface area contributed by atoms with Gasteiger partial charge < -0.3 is 4.74 Å². The minimum atomic E-state index is -2.41. The van der Waals surface area contributed by atoms with Crippen molar-refractivity contribution in [1.82, 2.24) is 9.78 Å². The number of ether oxygens (including phenoxy) is 1. The van der Waals surface area contributed by atoms with Crippen molar-refractivity contribution in [2.45, 2.75) is 13.8 Å². The molecule has 0 amide bonds. The third kappa shape index (κ3) is 1.91. The summed E-state index contributed by atoms with van der Waals surface area (Å²) in [5.74, 6) is -0.638. The van der Waals surface area contributed by atoms with Gasteiger partial charge in [-0.2, -0.15) is 5.10 Å². The minimum absolute atomic E-state index is 0.0181. The molecule has 0 aliphatic heterocycles. The number of hydrogen-bond donors (Lipinski definition) is 0. The molecule has 0 aliphatic rings. The molecule has 0 aromatic carbocycles. The molecule has 1 aromatic heterocycles. The highest BCUT2D eigenvalue weighted by atomic mass is 79.9. The van der Waals surface area contributed by atoms with Crippen LogP contribution in [0.25, 0.3) is 0 Å². The molecule has 1 rings (SSSR count). The molecule has 0 atom stereocenters. The summed E-state index contributed by atoms with van der Waals surface area (Å²) in [5, 5.41) is 3.73. The maximum atomic E-state index is 11.4. The molecule has 0 saturated heterocycles. The maximum absolute atomic E-state index is 11.4. The lowest BCUT2D eigenvalue weighted by Gasteiger charge is -1.97. The molecule has 0 fully saturated rings. The zero-order valence-corrected chi connectivity index (χ0v) is 8.88. The van der Waals surface area contributed by atoms with Crippen LogP contribution in [0.1, 0.15) is 27.2 Å². The number of aromatic nitrogens is 2. The Morgan fingerprint density at radius 2 is 2.54 bits per heavy atom. The molecule has 4 nitrogen and oxygen atoms in total. The molecular formula is C8H11BrN2O2. The fourth-order valence-electron chi connectivity index (χ4n) is 0.813. The number of aryl methyl sites for hydroxylation is 1. The molecular weight excluding hydrogens is 236 g/mol. The molecule has 0 unspecified atom stereocenters. The second kappa shape index (κ2) is 3.91. The normalized spacial score (nSPS) is 14.5. The van der Waals surface area contributed by atoms with Crippen molar-refractivity contribution in [2.24, 2.45) is 6.98 Å². The van der Waals surface area contributed by atoms with E-state index in [0.717, 1.165) is 4.68 Å². The third-order valence-electron chi connectivity index (χ3n) is 1.51. The molecule has 0 bridgehead atoms. The number of halogens is 1. The summed E-state index contributed by atoms with van der Waals surface area (Å²) in [6.45, 7) is 1.04. The van der Waals surface area contributed by atoms with Crippen molar-refractivity contribution in [1.29, 1.82) is 0 Å². The van der Waals surface area contributed by atoms with Gasteiger partial charge in [0.15, 0.2) is 5.69 Å². The van der Waals surface area contributed by atoms with E-state index in [1.54, 1.807) is 13.8 Å². The zero-order chi connectivity index (χ0) is 12.5. The second-order valence-electron chi connectivity index (χ2n) is 2.38. The summed E-state index contributed by atoms with van der Waals surface area (Å²) in [6.07, 6.45) is 0. The van der Waals surface area contributed by atoms with Gasteiger partial charge >= 0.3 is 5.97 Å². The average molecular weight is 250 g/mol. The lowest BCUT2D eigenvalue weighted by atomic mass is 10.4. The van der Waals surface area contributed by atoms with Crippen LogP contribution in [-0.2, 0) is 11.7 Å². The highest BCUT2D eigenvalue weighted by Gasteiger charge is 2.18. The van der Waals surface area contributed by atoms with Crippen molar-refractivity contribution in [3.8, 4) is 0 Å². The Kier molecular flexibility index (Phi) is 1.98. The van der Waals surface area contributed by atoms with E-state index in [2.05, 4.69) is 21.0 Å². The second-order valence-corrected chi connectivity index (χ2v) is 3.17. The van der Waals surface area contributed by atoms with Gasteiger partial charge in [0.1, 0.15) is 0 Å². The zero-order valence-electron chi connectivity index (χ0n) is 10.3. The molecule has 1 aromatic rings. The van der Waals surface area contributed by atoms with Gasteiger partial charge in [-0.3, -0.25) is 4.68 Å². The molecule has 1 heterocycles. The SMILES string of the molecule is [2H]C([2H])([2H])n1nc(C(=O)OCC)c(Br)c1C. The topological polar surface area (TPSA) is 44.1 Å². The van der Waals surface area contributed by atoms with Crippen LogP contribution in [-0.4, -0.2) is 22.4 Å². The first-order valence-corrected chi connectivity index (χ1v) is 4.51. The molecule has 13 heavy (non-hydrogen) atoms. The molecule has 0 spiro atoms. The molecule has 0 radical (unpaired) electrons. The highest BCUT2D eigenvalue weighted by Crippen LogP contribution is 2.20. The molecule has 72 valence electrons. The van der Waals surface area contributed by atoms with Gasteiger partial charge in [-0.1, -0.05) is 0 Å². The van der Waals surface area contributed by atoms with Crippen LogP contribution in [0.4, 0.5) is 0 Å². The molecule has 0 aliphatic carbocycles. The van der Waals surface area contributed by atoms with E-state index < -0.39 is 12.9 Å². The lowest BCUT2D eigenvalue weighted by molar-refractivity contribution is 0.0517. The van der Waals surface area contributed by atoms with E-state index in [9.17, 15) is 4.79 Å². The van der Waals surface area contributed by atoms with E-state index in [4.69, 9.17) is 8.85 Å². The summed E-state index contributed by atoms with van der Waals surface area (Å²) in [4.78, 5) is 11.4. The predicted octanol–water partition coefficient (Wildman–Crippen LogP) is 1.67. The van der Waals surface area contributed by atoms with Gasteiger partial charge in [-0.25, -0.2) is 4.79 Å². The van der Waals surface area contributed by atoms with E-state index in [1.807, 2.05) is 0 Å². The van der Waals surface area contributed by atoms with Crippen LogP contribution in [0.15, 0.2) is 4.47 Å². The number of carbonyl (C=O) groups is 1. The molecule has 5 heteroatoms. The standard InChI is InChI=1S/C8H11BrN2O2/c1-4-13-8(12)7-6(9)5(2)11(3)10-7/h4H2,1-3H3/i3D3. The summed E-state index contributed by atoms with van der Waals surface area (Å²) in [6, 6.07) is 0. The Morgan fingerprint density at radius 1 is 1.85 bits per heavy atom. The van der Waals surface area contributed by atoms with Crippen molar-refractivity contribution in [2.75, 3.05) is 6.61 Å². The Bertz CT molecular complexity index is 414. The summed E-state index contributed by atoms with van der Waals surface area (Å²) in [7, 11) is 0. The summed E-state index contributed by atoms with van der Waals surface area (Å²) in [5.41, 5.74) is 0.346. The number of carbonyl (C=O) groups excluding carboxylic acids is 1. The first-order valence-electron chi connectivity index (χ1n) is 5.21. The van der Waals surface area contributed by atoms with Crippen LogP contribution in [0.2, 0.25) is 0 Å². The maximum Gasteiger partial charge on any atom is 0.360 e. The van der Waals surface area contributed by atoms with E-state index in [1.165, 1.54) is 0 Å². The largest absolute Gasteiger partial charge is 0.461 e. The third-order valence-corrected chi connectivity index (χ3v) is 2.46. The Labute approximate surface area is 89.2 Å². The Morgan fingerprint density at radius 3 is 3.00 bits per heavy atom. The highest BCUT2D eigenvalue weighted by molar-refractivity contribution is 9.10. The van der Waals surface area contributed by atoms with Gasteiger partial charge in [-0.05, 0) is 29.8 Å². The number of hydrogen-bond acceptors (Lipinski definition) is 3. The minimum Gasteiger partial charge on any atom is -0.461 e. The van der Waals surface area contributed by atoms with Crippen LogP contribution in [0.3, 0.4) is 0 Å². The van der Waals surface area contributed by atoms with E-state index in [-0.39, 0.29) is 12.3 Å². The first kappa shape index (κ1) is 6.59. The number of rotatable bonds is 2. The smallest absolute Gasteiger partial charge is 0.360 e. The molecule has 0 N–H and O–H groups in total. The van der Waals surface area contributed by atoms with Crippen LogP contribution >= 0.6 is 15.9 Å². The van der Waals surface area contributed by atoms with Gasteiger partial charge in [0.2, 0.25) is 0 Å². The van der Waals surface area contributed by atoms with E-state index in [0.29, 0.717) is 10.2 Å². The van der Waals surface area contributed by atoms with Crippen molar-refractivity contribution in [3.63, 3.8) is 0 Å². The number of nitrogens with zero attached hydrogens (tertiary/aromatic N) is 2. The van der Waals surface area contributed by atoms with Crippen molar-refractivity contribution < 1.29 is 13.6 Å². The fraction of sp³-hybridized carbons (Fsp3) is 0.500. The average Bonchev–Trinajstić information content (AvgIpc) is 2.44. The van der Waals surface area contributed by atoms with Crippen LogP contribution < -0.4 is 0 Å². The lowest BCUT2D eigenvalue weighted by Crippen LogP contribution is -2.06.